The molecule has 0 saturated carbocycles. The fraction of sp³-hybridized carbons (Fsp3) is 0.333. The molecule has 0 aliphatic carbocycles. The third-order valence-corrected chi connectivity index (χ3v) is 5.44. The van der Waals surface area contributed by atoms with Crippen LogP contribution in [0.15, 0.2) is 42.5 Å². The first-order valence-electron chi connectivity index (χ1n) is 9.11. The van der Waals surface area contributed by atoms with Gasteiger partial charge in [0.1, 0.15) is 6.17 Å². The van der Waals surface area contributed by atoms with Crippen molar-refractivity contribution in [1.82, 2.24) is 4.90 Å². The van der Waals surface area contributed by atoms with Crippen LogP contribution in [0.1, 0.15) is 45.5 Å². The third-order valence-electron chi connectivity index (χ3n) is 5.44. The molecule has 0 aromatic heterocycles. The van der Waals surface area contributed by atoms with Crippen LogP contribution in [-0.4, -0.2) is 36.5 Å². The SMILES string of the molecule is Cc1ccccc1NC(=O)c1ccc2c(c1)N(C)[C@H]1CCCCN1C2=O. The summed E-state index contributed by atoms with van der Waals surface area (Å²) in [6, 6.07) is 13.1. The van der Waals surface area contributed by atoms with Gasteiger partial charge in [0.05, 0.1) is 11.3 Å². The first-order valence-corrected chi connectivity index (χ1v) is 9.11. The van der Waals surface area contributed by atoms with Gasteiger partial charge in [0.2, 0.25) is 0 Å². The molecule has 2 amide bonds. The van der Waals surface area contributed by atoms with Crippen molar-refractivity contribution in [1.29, 1.82) is 0 Å². The number of nitrogens with one attached hydrogen (secondary N) is 1. The molecule has 1 fully saturated rings. The number of para-hydroxylation sites is 1. The lowest BCUT2D eigenvalue weighted by atomic mass is 9.97. The lowest BCUT2D eigenvalue weighted by Crippen LogP contribution is -2.55. The number of fused-ring (bicyclic) bond motifs is 2. The summed E-state index contributed by atoms with van der Waals surface area (Å²) in [7, 11) is 2.01. The van der Waals surface area contributed by atoms with Crippen LogP contribution >= 0.6 is 0 Å². The second-order valence-electron chi connectivity index (χ2n) is 7.09. The maximum Gasteiger partial charge on any atom is 0.257 e. The highest BCUT2D eigenvalue weighted by Gasteiger charge is 2.37. The van der Waals surface area contributed by atoms with Crippen LogP contribution in [0.5, 0.6) is 0 Å². The highest BCUT2D eigenvalue weighted by Crippen LogP contribution is 2.35. The van der Waals surface area contributed by atoms with E-state index in [2.05, 4.69) is 10.2 Å². The Balaban J connectivity index is 1.65. The maximum absolute atomic E-state index is 12.8. The summed E-state index contributed by atoms with van der Waals surface area (Å²) in [5.41, 5.74) is 3.91. The molecule has 134 valence electrons. The van der Waals surface area contributed by atoms with Crippen LogP contribution < -0.4 is 10.2 Å². The van der Waals surface area contributed by atoms with Gasteiger partial charge in [-0.05, 0) is 56.0 Å². The zero-order valence-corrected chi connectivity index (χ0v) is 15.2. The summed E-state index contributed by atoms with van der Waals surface area (Å²) in [5, 5.41) is 2.96. The molecule has 2 heterocycles. The third kappa shape index (κ3) is 2.73. The van der Waals surface area contributed by atoms with Gasteiger partial charge in [0.25, 0.3) is 11.8 Å². The van der Waals surface area contributed by atoms with E-state index in [1.807, 2.05) is 49.2 Å². The lowest BCUT2D eigenvalue weighted by Gasteiger charge is -2.46. The smallest absolute Gasteiger partial charge is 0.257 e. The monoisotopic (exact) mass is 349 g/mol. The average Bonchev–Trinajstić information content (AvgIpc) is 2.67. The van der Waals surface area contributed by atoms with Crippen molar-refractivity contribution in [2.75, 3.05) is 23.8 Å². The van der Waals surface area contributed by atoms with E-state index in [4.69, 9.17) is 0 Å². The number of hydrogen-bond donors (Lipinski definition) is 1. The number of hydrogen-bond acceptors (Lipinski definition) is 3. The van der Waals surface area contributed by atoms with E-state index < -0.39 is 0 Å². The van der Waals surface area contributed by atoms with E-state index >= 15 is 0 Å². The van der Waals surface area contributed by atoms with E-state index in [9.17, 15) is 9.59 Å². The second-order valence-corrected chi connectivity index (χ2v) is 7.09. The van der Waals surface area contributed by atoms with Crippen molar-refractivity contribution in [2.45, 2.75) is 32.4 Å². The van der Waals surface area contributed by atoms with E-state index in [0.717, 1.165) is 42.7 Å². The normalized spacial score (nSPS) is 19.0. The number of anilines is 2. The molecule has 2 aromatic rings. The summed E-state index contributed by atoms with van der Waals surface area (Å²) in [5.74, 6) is -0.0808. The lowest BCUT2D eigenvalue weighted by molar-refractivity contribution is 0.0589. The van der Waals surface area contributed by atoms with Crippen molar-refractivity contribution in [3.8, 4) is 0 Å². The molecular weight excluding hydrogens is 326 g/mol. The molecule has 2 aromatic carbocycles. The molecule has 2 aliphatic heterocycles. The minimum absolute atomic E-state index is 0.0775. The van der Waals surface area contributed by atoms with Gasteiger partial charge in [0, 0.05) is 24.8 Å². The highest BCUT2D eigenvalue weighted by atomic mass is 16.2. The summed E-state index contributed by atoms with van der Waals surface area (Å²) in [6.07, 6.45) is 3.25. The van der Waals surface area contributed by atoms with E-state index in [1.54, 1.807) is 12.1 Å². The topological polar surface area (TPSA) is 52.7 Å². The van der Waals surface area contributed by atoms with Crippen LogP contribution in [-0.2, 0) is 0 Å². The van der Waals surface area contributed by atoms with E-state index in [-0.39, 0.29) is 18.0 Å². The fourth-order valence-corrected chi connectivity index (χ4v) is 3.92. The van der Waals surface area contributed by atoms with Crippen LogP contribution in [0.3, 0.4) is 0 Å². The Labute approximate surface area is 153 Å². The maximum atomic E-state index is 12.8. The quantitative estimate of drug-likeness (QED) is 0.900. The number of benzene rings is 2. The van der Waals surface area contributed by atoms with Crippen LogP contribution in [0.2, 0.25) is 0 Å². The Bertz CT molecular complexity index is 877. The Morgan fingerprint density at radius 2 is 1.96 bits per heavy atom. The Hall–Kier alpha value is -2.82. The van der Waals surface area contributed by atoms with Crippen LogP contribution in [0, 0.1) is 6.92 Å². The minimum atomic E-state index is -0.158. The van der Waals surface area contributed by atoms with Gasteiger partial charge < -0.3 is 15.1 Å². The van der Waals surface area contributed by atoms with Gasteiger partial charge >= 0.3 is 0 Å². The molecule has 5 heteroatoms. The molecule has 2 aliphatic rings. The minimum Gasteiger partial charge on any atom is -0.354 e. The predicted octanol–water partition coefficient (Wildman–Crippen LogP) is 3.65. The molecule has 26 heavy (non-hydrogen) atoms. The summed E-state index contributed by atoms with van der Waals surface area (Å²) in [4.78, 5) is 29.6. The molecule has 0 radical (unpaired) electrons. The molecule has 5 nitrogen and oxygen atoms in total. The average molecular weight is 349 g/mol. The highest BCUT2D eigenvalue weighted by molar-refractivity contribution is 6.08. The van der Waals surface area contributed by atoms with Crippen molar-refractivity contribution < 1.29 is 9.59 Å². The predicted molar refractivity (Wildman–Crippen MR) is 103 cm³/mol. The van der Waals surface area contributed by atoms with Gasteiger partial charge in [0.15, 0.2) is 0 Å². The number of nitrogens with zero attached hydrogens (tertiary/aromatic N) is 2. The number of aryl methyl sites for hydroxylation is 1. The van der Waals surface area contributed by atoms with Gasteiger partial charge in [-0.25, -0.2) is 0 Å². The van der Waals surface area contributed by atoms with Gasteiger partial charge in [-0.15, -0.1) is 0 Å². The van der Waals surface area contributed by atoms with Crippen molar-refractivity contribution in [2.24, 2.45) is 0 Å². The van der Waals surface area contributed by atoms with Gasteiger partial charge in [-0.3, -0.25) is 9.59 Å². The Morgan fingerprint density at radius 3 is 2.77 bits per heavy atom. The number of piperidine rings is 1. The molecule has 1 N–H and O–H groups in total. The fourth-order valence-electron chi connectivity index (χ4n) is 3.92. The number of carbonyl (C=O) groups is 2. The number of rotatable bonds is 2. The van der Waals surface area contributed by atoms with Gasteiger partial charge in [-0.1, -0.05) is 18.2 Å². The van der Waals surface area contributed by atoms with E-state index in [0.29, 0.717) is 11.1 Å². The Morgan fingerprint density at radius 1 is 1.15 bits per heavy atom. The molecule has 1 atom stereocenters. The van der Waals surface area contributed by atoms with Crippen molar-refractivity contribution in [3.63, 3.8) is 0 Å². The largest absolute Gasteiger partial charge is 0.354 e. The number of carbonyl (C=O) groups excluding carboxylic acids is 2. The van der Waals surface area contributed by atoms with Crippen LogP contribution in [0.4, 0.5) is 11.4 Å². The van der Waals surface area contributed by atoms with Crippen molar-refractivity contribution in [3.05, 3.63) is 59.2 Å². The molecule has 0 bridgehead atoms. The first-order chi connectivity index (χ1) is 12.6. The van der Waals surface area contributed by atoms with Crippen molar-refractivity contribution >= 4 is 23.2 Å². The first kappa shape index (κ1) is 16.6. The molecular formula is C21H23N3O2. The summed E-state index contributed by atoms with van der Waals surface area (Å²) >= 11 is 0. The second kappa shape index (κ2) is 6.48. The zero-order valence-electron chi connectivity index (χ0n) is 15.2. The standard InChI is InChI=1S/C21H23N3O2/c1-14-7-3-4-8-17(14)22-20(25)15-10-11-16-18(13-15)23(2)19-9-5-6-12-24(19)21(16)26/h3-4,7-8,10-11,13,19H,5-6,9,12H2,1-2H3,(H,22,25)/t19-/m1/s1. The summed E-state index contributed by atoms with van der Waals surface area (Å²) in [6.45, 7) is 2.77. The van der Waals surface area contributed by atoms with Gasteiger partial charge in [-0.2, -0.15) is 0 Å². The molecule has 1 saturated heterocycles. The molecule has 0 unspecified atom stereocenters. The molecule has 0 spiro atoms. The zero-order chi connectivity index (χ0) is 18.3. The summed E-state index contributed by atoms with van der Waals surface area (Å²) < 4.78 is 0. The van der Waals surface area contributed by atoms with E-state index in [1.165, 1.54) is 0 Å². The molecule has 4 rings (SSSR count). The Kier molecular flexibility index (Phi) is 4.15. The number of amides is 2. The van der Waals surface area contributed by atoms with Crippen LogP contribution in [0.25, 0.3) is 0 Å².